The summed E-state index contributed by atoms with van der Waals surface area (Å²) in [5.41, 5.74) is 0.691. The van der Waals surface area contributed by atoms with Crippen molar-refractivity contribution in [2.75, 3.05) is 13.1 Å². The van der Waals surface area contributed by atoms with Crippen molar-refractivity contribution in [3.8, 4) is 0 Å². The van der Waals surface area contributed by atoms with Crippen molar-refractivity contribution >= 4 is 6.09 Å². The maximum absolute atomic E-state index is 11.6. The SMILES string of the molecule is [CH2-]C1=CCN(C(=O)OC(C)(C)C)CC1.[CH2-]OC(C)(C)O.[Lr]. The van der Waals surface area contributed by atoms with E-state index in [4.69, 9.17) is 9.84 Å². The van der Waals surface area contributed by atoms with Gasteiger partial charge < -0.3 is 19.5 Å². The topological polar surface area (TPSA) is 59.0 Å². The molecule has 1 amide bonds. The quantitative estimate of drug-likeness (QED) is 0.406. The van der Waals surface area contributed by atoms with Crippen LogP contribution in [0, 0.1) is 14.0 Å². The minimum Gasteiger partial charge on any atom is -0.531 e. The summed E-state index contributed by atoms with van der Waals surface area (Å²) in [7, 11) is 3.01. The molecule has 0 aromatic heterocycles. The van der Waals surface area contributed by atoms with Crippen LogP contribution in [0.2, 0.25) is 0 Å². The summed E-state index contributed by atoms with van der Waals surface area (Å²) in [6.07, 6.45) is 2.58. The van der Waals surface area contributed by atoms with Crippen molar-refractivity contribution in [2.45, 2.75) is 52.4 Å². The van der Waals surface area contributed by atoms with Gasteiger partial charge in [-0.1, -0.05) is 0 Å². The number of amides is 1. The van der Waals surface area contributed by atoms with Crippen LogP contribution < -0.4 is 0 Å². The zero-order chi connectivity index (χ0) is 16.0. The van der Waals surface area contributed by atoms with E-state index >= 15 is 0 Å². The molecule has 1 heterocycles. The Hall–Kier alpha value is -2.20. The first kappa shape index (κ1) is 21.1. The first-order chi connectivity index (χ1) is 8.94. The molecule has 1 rings (SSSR count). The number of hydrogen-bond acceptors (Lipinski definition) is 4. The minimum atomic E-state index is -1.07. The molecule has 6 heteroatoms. The first-order valence-electron chi connectivity index (χ1n) is 6.59. The van der Waals surface area contributed by atoms with Crippen molar-refractivity contribution in [1.82, 2.24) is 4.90 Å². The Bertz CT molecular complexity index is 343. The van der Waals surface area contributed by atoms with Crippen LogP contribution in [0.25, 0.3) is 0 Å². The number of nitrogens with zero attached hydrogens (tertiary/aromatic N) is 1. The van der Waals surface area contributed by atoms with E-state index in [-0.39, 0.29) is 6.09 Å². The number of hydrogen-bond donors (Lipinski definition) is 1. The molecule has 0 aromatic carbocycles. The molecule has 0 aliphatic carbocycles. The molecule has 1 aliphatic rings. The van der Waals surface area contributed by atoms with Crippen LogP contribution in [0.3, 0.4) is 0 Å². The van der Waals surface area contributed by atoms with E-state index in [1.54, 1.807) is 4.90 Å². The zero-order valence-electron chi connectivity index (χ0n) is 13.5. The third-order valence-electron chi connectivity index (χ3n) is 2.31. The largest absolute Gasteiger partial charge is 0.531 e. The molecule has 0 fully saturated rings. The Morgan fingerprint density at radius 2 is 1.81 bits per heavy atom. The summed E-state index contributed by atoms with van der Waals surface area (Å²) in [5.74, 6) is -1.07. The summed E-state index contributed by atoms with van der Waals surface area (Å²) in [6, 6.07) is 0. The van der Waals surface area contributed by atoms with Gasteiger partial charge >= 0.3 is 6.09 Å². The van der Waals surface area contributed by atoms with Gasteiger partial charge in [0, 0.05) is 6.54 Å². The average molecular weight is 547 g/mol. The molecule has 0 atom stereocenters. The molecule has 133 valence electrons. The van der Waals surface area contributed by atoms with Crippen LogP contribution in [0.4, 0.5) is 4.79 Å². The number of ether oxygens (including phenoxy) is 2. The van der Waals surface area contributed by atoms with Gasteiger partial charge in [-0.15, -0.1) is 0 Å². The molecule has 0 aromatic rings. The second-order valence-electron chi connectivity index (χ2n) is 6.13. The maximum atomic E-state index is 11.6. The molecule has 0 saturated heterocycles. The van der Waals surface area contributed by atoms with Gasteiger partial charge in [0.1, 0.15) is 11.4 Å². The Labute approximate surface area is 122 Å². The van der Waals surface area contributed by atoms with E-state index in [2.05, 4.69) is 18.8 Å². The predicted molar refractivity (Wildman–Crippen MR) is 78.6 cm³/mol. The van der Waals surface area contributed by atoms with Crippen molar-refractivity contribution in [3.05, 3.63) is 25.7 Å². The van der Waals surface area contributed by atoms with Crippen LogP contribution in [0.1, 0.15) is 41.0 Å². The average Bonchev–Trinajstić information content (AvgIpc) is 2.27. The summed E-state index contributed by atoms with van der Waals surface area (Å²) in [6.45, 7) is 13.8. The van der Waals surface area contributed by atoms with Gasteiger partial charge in [0.2, 0.25) is 0 Å². The van der Waals surface area contributed by atoms with E-state index in [9.17, 15) is 4.79 Å². The van der Waals surface area contributed by atoms with Crippen LogP contribution in [-0.4, -0.2) is 40.6 Å². The third kappa shape index (κ3) is 11.3. The minimum absolute atomic E-state index is 0. The second kappa shape index (κ2) is 8.17. The van der Waals surface area contributed by atoms with Crippen LogP contribution in [0.5, 0.6) is 0 Å². The van der Waals surface area contributed by atoms with Crippen LogP contribution in [0.15, 0.2) is 11.6 Å². The zero-order valence-corrected chi connectivity index (χ0v) is 15.6. The number of rotatable bonds is 1. The Balaban J connectivity index is 0. The van der Waals surface area contributed by atoms with Crippen molar-refractivity contribution in [1.29, 1.82) is 0 Å². The van der Waals surface area contributed by atoms with Crippen LogP contribution >= 0.6 is 0 Å². The molecule has 0 bridgehead atoms. The fourth-order valence-corrected chi connectivity index (χ4v) is 1.20. The Kier molecular flexibility index (Phi) is 8.21. The van der Waals surface area contributed by atoms with Gasteiger partial charge in [-0.05, 0) is 47.6 Å². The molecular formula is C15H27LrNO4-2. The van der Waals surface area contributed by atoms with E-state index in [0.29, 0.717) is 13.1 Å². The Morgan fingerprint density at radius 1 is 1.33 bits per heavy atom. The molecule has 5 nitrogen and oxygen atoms in total. The number of carbonyl (C=O) groups is 1. The normalized spacial score (nSPS) is 15.2. The van der Waals surface area contributed by atoms with E-state index < -0.39 is 11.4 Å². The molecule has 1 aliphatic heterocycles. The standard InChI is InChI=1S/C11H18NO2.C4H9O2.Lr/c1-9-5-7-12(8-6-9)10(13)14-11(2,3)4;1-4(2,5)6-3;/h5H,1,6-8H2,2-4H3;5H,3H2,1-2H3;/q2*-1;. The third-order valence-corrected chi connectivity index (χ3v) is 2.31. The van der Waals surface area contributed by atoms with Gasteiger partial charge in [-0.2, -0.15) is 0 Å². The van der Waals surface area contributed by atoms with Crippen LogP contribution in [-0.2, 0) is 9.47 Å². The van der Waals surface area contributed by atoms with Gasteiger partial charge in [0.05, 0.1) is 0 Å². The first-order valence-corrected chi connectivity index (χ1v) is 6.59. The van der Waals surface area contributed by atoms with Crippen molar-refractivity contribution in [2.24, 2.45) is 0 Å². The molecule has 1 N–H and O–H groups in total. The van der Waals surface area contributed by atoms with E-state index in [1.165, 1.54) is 13.8 Å². The second-order valence-corrected chi connectivity index (χ2v) is 6.13. The van der Waals surface area contributed by atoms with Gasteiger partial charge in [-0.25, -0.2) is 30.5 Å². The van der Waals surface area contributed by atoms with Gasteiger partial charge in [-0.3, -0.25) is 0 Å². The molecule has 0 unspecified atom stereocenters. The maximum Gasteiger partial charge on any atom is 0.409 e. The summed E-state index contributed by atoms with van der Waals surface area (Å²) >= 11 is 0. The molecule has 0 saturated carbocycles. The molecule has 0 spiro atoms. The van der Waals surface area contributed by atoms with Gasteiger partial charge in [0.15, 0.2) is 0 Å². The van der Waals surface area contributed by atoms with E-state index in [0.717, 1.165) is 12.0 Å². The van der Waals surface area contributed by atoms with E-state index in [1.807, 2.05) is 26.8 Å². The fraction of sp³-hybridized carbons (Fsp3) is 0.667. The smallest absolute Gasteiger partial charge is 0.409 e. The van der Waals surface area contributed by atoms with Crippen molar-refractivity contribution < 1.29 is 19.4 Å². The summed E-state index contributed by atoms with van der Waals surface area (Å²) in [5, 5.41) is 8.54. The number of carbonyl (C=O) groups excluding carboxylic acids is 1. The van der Waals surface area contributed by atoms with Gasteiger partial charge in [0.25, 0.3) is 0 Å². The summed E-state index contributed by atoms with van der Waals surface area (Å²) in [4.78, 5) is 13.3. The van der Waals surface area contributed by atoms with Crippen molar-refractivity contribution in [3.63, 3.8) is 0 Å². The molecule has 1 radical (unpaired) electrons. The fourth-order valence-electron chi connectivity index (χ4n) is 1.20. The predicted octanol–water partition coefficient (Wildman–Crippen LogP) is 2.91. The molecular weight excluding hydrogens is 520 g/mol. The molecule has 21 heavy (non-hydrogen) atoms. The summed E-state index contributed by atoms with van der Waals surface area (Å²) < 4.78 is 9.49. The monoisotopic (exact) mass is 547 g/mol. The Morgan fingerprint density at radius 3 is 2.10 bits per heavy atom. The number of aliphatic hydroxyl groups is 1.